The first-order valence-electron chi connectivity index (χ1n) is 4.64. The Morgan fingerprint density at radius 3 is 2.62 bits per heavy atom. The predicted molar refractivity (Wildman–Crippen MR) is 51.0 cm³/mol. The first kappa shape index (κ1) is 8.57. The van der Waals surface area contributed by atoms with Crippen molar-refractivity contribution in [3.8, 4) is 5.75 Å². The molecule has 0 aliphatic heterocycles. The molecule has 2 heteroatoms. The fourth-order valence-corrected chi connectivity index (χ4v) is 1.82. The predicted octanol–water partition coefficient (Wildman–Crippen LogP) is 1.93. The second kappa shape index (κ2) is 3.38. The number of benzene rings is 1. The second-order valence-electron chi connectivity index (χ2n) is 3.49. The zero-order chi connectivity index (χ0) is 9.26. The molecule has 2 atom stereocenters. The third-order valence-corrected chi connectivity index (χ3v) is 2.78. The molecule has 2 rings (SSSR count). The van der Waals surface area contributed by atoms with E-state index in [0.29, 0.717) is 0 Å². The smallest absolute Gasteiger partial charge is 0.122 e. The summed E-state index contributed by atoms with van der Waals surface area (Å²) in [6.45, 7) is 0. The number of aliphatic hydroxyl groups is 1. The lowest BCUT2D eigenvalue weighted by molar-refractivity contribution is 0.0649. The monoisotopic (exact) mass is 178 g/mol. The van der Waals surface area contributed by atoms with E-state index < -0.39 is 0 Å². The van der Waals surface area contributed by atoms with Gasteiger partial charge in [-0.05, 0) is 24.5 Å². The van der Waals surface area contributed by atoms with E-state index in [9.17, 15) is 5.11 Å². The van der Waals surface area contributed by atoms with Crippen LogP contribution in [-0.4, -0.2) is 18.3 Å². The molecule has 1 fully saturated rings. The molecule has 13 heavy (non-hydrogen) atoms. The van der Waals surface area contributed by atoms with Crippen LogP contribution >= 0.6 is 0 Å². The van der Waals surface area contributed by atoms with Crippen molar-refractivity contribution in [1.29, 1.82) is 0 Å². The topological polar surface area (TPSA) is 29.5 Å². The molecule has 2 unspecified atom stereocenters. The number of hydrogen-bond donors (Lipinski definition) is 1. The number of rotatable bonds is 2. The van der Waals surface area contributed by atoms with E-state index in [1.54, 1.807) is 7.11 Å². The van der Waals surface area contributed by atoms with Crippen LogP contribution in [0.1, 0.15) is 24.3 Å². The van der Waals surface area contributed by atoms with E-state index in [0.717, 1.165) is 24.2 Å². The third-order valence-electron chi connectivity index (χ3n) is 2.78. The second-order valence-corrected chi connectivity index (χ2v) is 3.49. The van der Waals surface area contributed by atoms with Crippen LogP contribution in [0.4, 0.5) is 0 Å². The van der Waals surface area contributed by atoms with Gasteiger partial charge in [-0.3, -0.25) is 0 Å². The summed E-state index contributed by atoms with van der Waals surface area (Å²) < 4.78 is 5.24. The lowest BCUT2D eigenvalue weighted by Gasteiger charge is -2.33. The third kappa shape index (κ3) is 1.42. The van der Waals surface area contributed by atoms with Gasteiger partial charge >= 0.3 is 0 Å². The molecule has 2 nitrogen and oxygen atoms in total. The first-order chi connectivity index (χ1) is 6.33. The molecule has 1 aromatic carbocycles. The Bertz CT molecular complexity index is 296. The first-order valence-corrected chi connectivity index (χ1v) is 4.64. The summed E-state index contributed by atoms with van der Waals surface area (Å²) in [5.74, 6) is 1.18. The van der Waals surface area contributed by atoms with Crippen molar-refractivity contribution < 1.29 is 9.84 Å². The highest BCUT2D eigenvalue weighted by atomic mass is 16.5. The average molecular weight is 178 g/mol. The molecule has 0 bridgehead atoms. The Hall–Kier alpha value is -1.02. The van der Waals surface area contributed by atoms with Gasteiger partial charge in [-0.1, -0.05) is 18.2 Å². The van der Waals surface area contributed by atoms with Crippen LogP contribution in [0.5, 0.6) is 5.75 Å². The Labute approximate surface area is 78.2 Å². The van der Waals surface area contributed by atoms with Gasteiger partial charge < -0.3 is 9.84 Å². The molecule has 70 valence electrons. The molecule has 1 saturated carbocycles. The molecular formula is C11H14O2. The zero-order valence-corrected chi connectivity index (χ0v) is 7.73. The minimum Gasteiger partial charge on any atom is -0.496 e. The molecule has 0 spiro atoms. The van der Waals surface area contributed by atoms with Gasteiger partial charge in [0.15, 0.2) is 0 Å². The van der Waals surface area contributed by atoms with E-state index in [1.807, 2.05) is 24.3 Å². The van der Waals surface area contributed by atoms with Crippen LogP contribution in [0.3, 0.4) is 0 Å². The summed E-state index contributed by atoms with van der Waals surface area (Å²) in [6.07, 6.45) is 1.82. The molecule has 0 aromatic heterocycles. The van der Waals surface area contributed by atoms with Gasteiger partial charge in [0.05, 0.1) is 13.2 Å². The number of hydrogen-bond acceptors (Lipinski definition) is 2. The van der Waals surface area contributed by atoms with Gasteiger partial charge in [-0.25, -0.2) is 0 Å². The molecule has 0 saturated heterocycles. The number of para-hydroxylation sites is 1. The Morgan fingerprint density at radius 1 is 1.31 bits per heavy atom. The van der Waals surface area contributed by atoms with Crippen LogP contribution < -0.4 is 4.74 Å². The molecule has 1 aliphatic carbocycles. The van der Waals surface area contributed by atoms with E-state index in [2.05, 4.69) is 0 Å². The molecule has 1 aliphatic rings. The van der Waals surface area contributed by atoms with Crippen LogP contribution in [0.2, 0.25) is 0 Å². The maximum Gasteiger partial charge on any atom is 0.122 e. The molecular weight excluding hydrogens is 164 g/mol. The standard InChI is InChI=1S/C11H14O2/c1-13-11-5-3-2-4-9(11)8-6-7-10(8)12/h2-5,8,10,12H,6-7H2,1H3. The van der Waals surface area contributed by atoms with Crippen molar-refractivity contribution in [3.05, 3.63) is 29.8 Å². The average Bonchev–Trinajstić information content (AvgIpc) is 2.16. The van der Waals surface area contributed by atoms with Gasteiger partial charge in [-0.15, -0.1) is 0 Å². The van der Waals surface area contributed by atoms with Crippen LogP contribution in [0, 0.1) is 0 Å². The summed E-state index contributed by atoms with van der Waals surface area (Å²) in [7, 11) is 1.67. The van der Waals surface area contributed by atoms with Gasteiger partial charge in [-0.2, -0.15) is 0 Å². The highest BCUT2D eigenvalue weighted by molar-refractivity contribution is 5.38. The van der Waals surface area contributed by atoms with Crippen molar-refractivity contribution in [2.24, 2.45) is 0 Å². The van der Waals surface area contributed by atoms with Gasteiger partial charge in [0.1, 0.15) is 5.75 Å². The number of methoxy groups -OCH3 is 1. The summed E-state index contributed by atoms with van der Waals surface area (Å²) in [5, 5.41) is 9.53. The van der Waals surface area contributed by atoms with Crippen LogP contribution in [0.25, 0.3) is 0 Å². The van der Waals surface area contributed by atoms with E-state index >= 15 is 0 Å². The van der Waals surface area contributed by atoms with Crippen LogP contribution in [-0.2, 0) is 0 Å². The molecule has 1 N–H and O–H groups in total. The largest absolute Gasteiger partial charge is 0.496 e. The molecule has 0 heterocycles. The van der Waals surface area contributed by atoms with Crippen LogP contribution in [0.15, 0.2) is 24.3 Å². The minimum atomic E-state index is -0.170. The van der Waals surface area contributed by atoms with E-state index in [-0.39, 0.29) is 12.0 Å². The van der Waals surface area contributed by atoms with Gasteiger partial charge in [0.25, 0.3) is 0 Å². The van der Waals surface area contributed by atoms with E-state index in [1.165, 1.54) is 0 Å². The Balaban J connectivity index is 2.28. The maximum atomic E-state index is 9.53. The van der Waals surface area contributed by atoms with Crippen molar-refractivity contribution in [2.75, 3.05) is 7.11 Å². The highest BCUT2D eigenvalue weighted by Gasteiger charge is 2.31. The van der Waals surface area contributed by atoms with Crippen molar-refractivity contribution in [3.63, 3.8) is 0 Å². The summed E-state index contributed by atoms with van der Waals surface area (Å²) in [4.78, 5) is 0. The SMILES string of the molecule is COc1ccccc1C1CCC1O. The lowest BCUT2D eigenvalue weighted by atomic mass is 9.77. The summed E-state index contributed by atoms with van der Waals surface area (Å²) in [6, 6.07) is 7.92. The summed E-state index contributed by atoms with van der Waals surface area (Å²) in [5.41, 5.74) is 1.14. The van der Waals surface area contributed by atoms with Gasteiger partial charge in [0.2, 0.25) is 0 Å². The Morgan fingerprint density at radius 2 is 2.08 bits per heavy atom. The maximum absolute atomic E-state index is 9.53. The fraction of sp³-hybridized carbons (Fsp3) is 0.455. The van der Waals surface area contributed by atoms with Crippen molar-refractivity contribution in [2.45, 2.75) is 24.9 Å². The van der Waals surface area contributed by atoms with Gasteiger partial charge in [0, 0.05) is 5.92 Å². The highest BCUT2D eigenvalue weighted by Crippen LogP contribution is 2.40. The normalized spacial score (nSPS) is 26.6. The zero-order valence-electron chi connectivity index (χ0n) is 7.73. The molecule has 0 radical (unpaired) electrons. The number of ether oxygens (including phenoxy) is 1. The molecule has 0 amide bonds. The quantitative estimate of drug-likeness (QED) is 0.749. The minimum absolute atomic E-state index is 0.170. The fourth-order valence-electron chi connectivity index (χ4n) is 1.82. The Kier molecular flexibility index (Phi) is 2.23. The van der Waals surface area contributed by atoms with Crippen molar-refractivity contribution >= 4 is 0 Å². The van der Waals surface area contributed by atoms with Crippen molar-refractivity contribution in [1.82, 2.24) is 0 Å². The number of aliphatic hydroxyl groups excluding tert-OH is 1. The lowest BCUT2D eigenvalue weighted by Crippen LogP contribution is -2.29. The van der Waals surface area contributed by atoms with E-state index in [4.69, 9.17) is 4.74 Å². The summed E-state index contributed by atoms with van der Waals surface area (Å²) >= 11 is 0. The molecule has 1 aromatic rings.